The van der Waals surface area contributed by atoms with Gasteiger partial charge in [-0.15, -0.1) is 0 Å². The Morgan fingerprint density at radius 2 is 1.73 bits per heavy atom. The molecule has 1 N–H and O–H groups in total. The van der Waals surface area contributed by atoms with Crippen LogP contribution in [0.3, 0.4) is 0 Å². The molecule has 2 bridgehead atoms. The first-order chi connectivity index (χ1) is 12.7. The summed E-state index contributed by atoms with van der Waals surface area (Å²) >= 11 is 0. The summed E-state index contributed by atoms with van der Waals surface area (Å²) in [7, 11) is 0. The third-order valence-corrected chi connectivity index (χ3v) is 5.21. The largest absolute Gasteiger partial charge is 0.461 e. The van der Waals surface area contributed by atoms with Crippen molar-refractivity contribution in [2.45, 2.75) is 19.4 Å². The van der Waals surface area contributed by atoms with Gasteiger partial charge in [-0.25, -0.2) is 0 Å². The van der Waals surface area contributed by atoms with Crippen LogP contribution in [-0.2, 0) is 16.1 Å². The van der Waals surface area contributed by atoms with Gasteiger partial charge in [-0.3, -0.25) is 9.59 Å². The number of carbonyl (C=O) groups excluding carboxylic acids is 2. The summed E-state index contributed by atoms with van der Waals surface area (Å²) < 4.78 is 5.49. The molecule has 132 valence electrons. The monoisotopic (exact) mass is 347 g/mol. The molecule has 4 rings (SSSR count). The first-order valence-corrected chi connectivity index (χ1v) is 8.99. The molecular formula is C22H21NO3. The van der Waals surface area contributed by atoms with Crippen LogP contribution >= 0.6 is 0 Å². The lowest BCUT2D eigenvalue weighted by molar-refractivity contribution is -0.150. The Labute approximate surface area is 152 Å². The van der Waals surface area contributed by atoms with Crippen molar-refractivity contribution in [1.82, 2.24) is 0 Å². The summed E-state index contributed by atoms with van der Waals surface area (Å²) in [5.41, 5.74) is 2.21. The quantitative estimate of drug-likeness (QED) is 0.652. The molecule has 26 heavy (non-hydrogen) atoms. The van der Waals surface area contributed by atoms with E-state index < -0.39 is 0 Å². The lowest BCUT2D eigenvalue weighted by Crippen LogP contribution is -2.21. The summed E-state index contributed by atoms with van der Waals surface area (Å²) in [6, 6.07) is 16.5. The zero-order valence-electron chi connectivity index (χ0n) is 14.4. The highest BCUT2D eigenvalue weighted by atomic mass is 16.5. The molecule has 1 amide bonds. The van der Waals surface area contributed by atoms with Gasteiger partial charge in [0.2, 0.25) is 0 Å². The topological polar surface area (TPSA) is 55.4 Å². The van der Waals surface area contributed by atoms with Crippen LogP contribution in [0.5, 0.6) is 0 Å². The van der Waals surface area contributed by atoms with Crippen LogP contribution in [0.1, 0.15) is 28.8 Å². The SMILES string of the molecule is O=C(Nc1ccccc1)c1ccc(COC(=O)[C@H]2C[C@H]3C=C[C@H]2C3)cc1. The van der Waals surface area contributed by atoms with Gasteiger partial charge in [0.25, 0.3) is 5.91 Å². The van der Waals surface area contributed by atoms with Crippen LogP contribution in [0.2, 0.25) is 0 Å². The number of carbonyl (C=O) groups is 2. The summed E-state index contributed by atoms with van der Waals surface area (Å²) in [5, 5.41) is 2.85. The number of allylic oxidation sites excluding steroid dienone is 2. The van der Waals surface area contributed by atoms with Gasteiger partial charge in [-0.2, -0.15) is 0 Å². The van der Waals surface area contributed by atoms with Crippen molar-refractivity contribution in [3.8, 4) is 0 Å². The van der Waals surface area contributed by atoms with Gasteiger partial charge in [0.15, 0.2) is 0 Å². The smallest absolute Gasteiger partial charge is 0.309 e. The maximum atomic E-state index is 12.3. The average Bonchev–Trinajstić information content (AvgIpc) is 3.31. The Morgan fingerprint density at radius 3 is 2.38 bits per heavy atom. The van der Waals surface area contributed by atoms with Gasteiger partial charge in [0, 0.05) is 11.3 Å². The predicted octanol–water partition coefficient (Wildman–Crippen LogP) is 4.19. The van der Waals surface area contributed by atoms with Crippen LogP contribution in [0.15, 0.2) is 66.7 Å². The van der Waals surface area contributed by atoms with E-state index in [1.165, 1.54) is 0 Å². The minimum Gasteiger partial charge on any atom is -0.461 e. The number of esters is 1. The standard InChI is InChI=1S/C22H21NO3/c24-21(23-19-4-2-1-3-5-19)17-9-6-15(7-10-17)14-26-22(25)20-13-16-8-11-18(20)12-16/h1-11,16,18,20H,12-14H2,(H,23,24)/t16-,18-,20-/m0/s1. The minimum atomic E-state index is -0.159. The van der Waals surface area contributed by atoms with Gasteiger partial charge in [0.1, 0.15) is 6.61 Å². The maximum absolute atomic E-state index is 12.3. The fourth-order valence-corrected chi connectivity index (χ4v) is 3.79. The van der Waals surface area contributed by atoms with Crippen LogP contribution < -0.4 is 5.32 Å². The maximum Gasteiger partial charge on any atom is 0.309 e. The molecule has 2 aromatic rings. The Balaban J connectivity index is 1.31. The van der Waals surface area contributed by atoms with E-state index in [-0.39, 0.29) is 24.4 Å². The van der Waals surface area contributed by atoms with E-state index in [1.807, 2.05) is 42.5 Å². The Hall–Kier alpha value is -2.88. The van der Waals surface area contributed by atoms with Crippen LogP contribution in [0.4, 0.5) is 5.69 Å². The number of hydrogen-bond acceptors (Lipinski definition) is 3. The van der Waals surface area contributed by atoms with Crippen LogP contribution in [-0.4, -0.2) is 11.9 Å². The summed E-state index contributed by atoms with van der Waals surface area (Å²) in [4.78, 5) is 24.5. The minimum absolute atomic E-state index is 0.0147. The zero-order chi connectivity index (χ0) is 17.9. The molecule has 1 saturated carbocycles. The van der Waals surface area contributed by atoms with Crippen LogP contribution in [0.25, 0.3) is 0 Å². The predicted molar refractivity (Wildman–Crippen MR) is 99.5 cm³/mol. The number of amides is 1. The van der Waals surface area contributed by atoms with Crippen molar-refractivity contribution < 1.29 is 14.3 Å². The second-order valence-corrected chi connectivity index (χ2v) is 7.01. The highest BCUT2D eigenvalue weighted by molar-refractivity contribution is 6.04. The van der Waals surface area contributed by atoms with Crippen molar-refractivity contribution in [3.05, 3.63) is 77.9 Å². The number of rotatable bonds is 5. The molecule has 0 unspecified atom stereocenters. The summed E-state index contributed by atoms with van der Waals surface area (Å²) in [6.45, 7) is 0.247. The van der Waals surface area contributed by atoms with Gasteiger partial charge < -0.3 is 10.1 Å². The van der Waals surface area contributed by atoms with Crippen molar-refractivity contribution in [2.75, 3.05) is 5.32 Å². The normalized spacial score (nSPS) is 23.0. The Bertz CT molecular complexity index is 826. The molecule has 2 aliphatic carbocycles. The van der Waals surface area contributed by atoms with Gasteiger partial charge in [-0.1, -0.05) is 42.5 Å². The Kier molecular flexibility index (Phi) is 4.57. The second-order valence-electron chi connectivity index (χ2n) is 7.01. The molecule has 2 aliphatic rings. The van der Waals surface area contributed by atoms with E-state index in [1.54, 1.807) is 12.1 Å². The molecule has 2 aromatic carbocycles. The third-order valence-electron chi connectivity index (χ3n) is 5.21. The number of hydrogen-bond donors (Lipinski definition) is 1. The number of benzene rings is 2. The Morgan fingerprint density at radius 1 is 0.962 bits per heavy atom. The van der Waals surface area contributed by atoms with E-state index in [0.29, 0.717) is 17.4 Å². The highest BCUT2D eigenvalue weighted by Crippen LogP contribution is 2.43. The third kappa shape index (κ3) is 3.54. The number of fused-ring (bicyclic) bond motifs is 2. The van der Waals surface area contributed by atoms with Crippen molar-refractivity contribution in [3.63, 3.8) is 0 Å². The van der Waals surface area contributed by atoms with E-state index in [9.17, 15) is 9.59 Å². The first-order valence-electron chi connectivity index (χ1n) is 8.99. The molecule has 4 heteroatoms. The molecule has 0 saturated heterocycles. The second kappa shape index (κ2) is 7.16. The highest BCUT2D eigenvalue weighted by Gasteiger charge is 2.40. The molecular weight excluding hydrogens is 326 g/mol. The lowest BCUT2D eigenvalue weighted by atomic mass is 9.94. The van der Waals surface area contributed by atoms with E-state index in [2.05, 4.69) is 17.5 Å². The fraction of sp³-hybridized carbons (Fsp3) is 0.273. The van der Waals surface area contributed by atoms with Gasteiger partial charge in [-0.05, 0) is 54.5 Å². The van der Waals surface area contributed by atoms with E-state index in [0.717, 1.165) is 24.1 Å². The van der Waals surface area contributed by atoms with E-state index >= 15 is 0 Å². The average molecular weight is 347 g/mol. The first kappa shape index (κ1) is 16.6. The molecule has 4 nitrogen and oxygen atoms in total. The number of ether oxygens (including phenoxy) is 1. The number of para-hydroxylation sites is 1. The summed E-state index contributed by atoms with van der Waals surface area (Å²) in [6.07, 6.45) is 6.37. The molecule has 3 atom stereocenters. The summed E-state index contributed by atoms with van der Waals surface area (Å²) in [5.74, 6) is 0.665. The zero-order valence-corrected chi connectivity index (χ0v) is 14.4. The molecule has 0 aliphatic heterocycles. The van der Waals surface area contributed by atoms with Crippen molar-refractivity contribution >= 4 is 17.6 Å². The molecule has 0 aromatic heterocycles. The fourth-order valence-electron chi connectivity index (χ4n) is 3.79. The molecule has 1 fully saturated rings. The van der Waals surface area contributed by atoms with Crippen molar-refractivity contribution in [1.29, 1.82) is 0 Å². The van der Waals surface area contributed by atoms with Crippen molar-refractivity contribution in [2.24, 2.45) is 17.8 Å². The number of anilines is 1. The van der Waals surface area contributed by atoms with Gasteiger partial charge in [0.05, 0.1) is 5.92 Å². The lowest BCUT2D eigenvalue weighted by Gasteiger charge is -2.16. The molecule has 0 heterocycles. The number of nitrogens with one attached hydrogen (secondary N) is 1. The molecule has 0 spiro atoms. The van der Waals surface area contributed by atoms with Crippen LogP contribution in [0, 0.1) is 17.8 Å². The van der Waals surface area contributed by atoms with Gasteiger partial charge >= 0.3 is 5.97 Å². The van der Waals surface area contributed by atoms with E-state index in [4.69, 9.17) is 4.74 Å². The molecule has 0 radical (unpaired) electrons.